The summed E-state index contributed by atoms with van der Waals surface area (Å²) in [5.41, 5.74) is 6.07. The summed E-state index contributed by atoms with van der Waals surface area (Å²) in [6.07, 6.45) is 0. The van der Waals surface area contributed by atoms with Crippen molar-refractivity contribution in [2.75, 3.05) is 46.9 Å². The van der Waals surface area contributed by atoms with Gasteiger partial charge in [-0.2, -0.15) is 0 Å². The first-order chi connectivity index (χ1) is 11.5. The van der Waals surface area contributed by atoms with Gasteiger partial charge in [-0.15, -0.1) is 12.4 Å². The van der Waals surface area contributed by atoms with Gasteiger partial charge in [-0.05, 0) is 12.1 Å². The smallest absolute Gasteiger partial charge is 0.254 e. The van der Waals surface area contributed by atoms with E-state index in [1.807, 2.05) is 6.92 Å². The second-order valence-corrected chi connectivity index (χ2v) is 5.86. The average Bonchev–Trinajstić information content (AvgIpc) is 2.65. The predicted octanol–water partition coefficient (Wildman–Crippen LogP) is 1.00. The molecule has 1 heterocycles. The maximum atomic E-state index is 12.7. The van der Waals surface area contributed by atoms with Crippen LogP contribution in [0.2, 0.25) is 0 Å². The van der Waals surface area contributed by atoms with Crippen molar-refractivity contribution in [2.24, 2.45) is 11.7 Å². The summed E-state index contributed by atoms with van der Waals surface area (Å²) in [5, 5.41) is 0. The molecule has 0 aromatic heterocycles. The topological polar surface area (TPSA) is 85.1 Å². The van der Waals surface area contributed by atoms with Crippen LogP contribution in [0.3, 0.4) is 0 Å². The molecular formula is C17H26ClN3O4. The van der Waals surface area contributed by atoms with E-state index in [1.54, 1.807) is 42.2 Å². The quantitative estimate of drug-likeness (QED) is 0.834. The lowest BCUT2D eigenvalue weighted by Crippen LogP contribution is -2.52. The second-order valence-electron chi connectivity index (χ2n) is 5.86. The van der Waals surface area contributed by atoms with Crippen molar-refractivity contribution in [1.82, 2.24) is 9.80 Å². The summed E-state index contributed by atoms with van der Waals surface area (Å²) in [6.45, 7) is 4.21. The zero-order chi connectivity index (χ0) is 17.7. The predicted molar refractivity (Wildman–Crippen MR) is 97.5 cm³/mol. The fraction of sp³-hybridized carbons (Fsp3) is 0.529. The number of benzene rings is 1. The van der Waals surface area contributed by atoms with E-state index in [2.05, 4.69) is 0 Å². The van der Waals surface area contributed by atoms with E-state index in [1.165, 1.54) is 0 Å². The Hall–Kier alpha value is -1.99. The molecule has 0 aliphatic carbocycles. The molecule has 140 valence electrons. The van der Waals surface area contributed by atoms with Gasteiger partial charge in [0.25, 0.3) is 5.91 Å². The van der Waals surface area contributed by atoms with Crippen LogP contribution in [0.25, 0.3) is 0 Å². The van der Waals surface area contributed by atoms with Crippen LogP contribution in [-0.4, -0.2) is 68.6 Å². The minimum atomic E-state index is -0.185. The molecule has 1 aromatic rings. The van der Waals surface area contributed by atoms with Crippen molar-refractivity contribution in [3.05, 3.63) is 23.8 Å². The number of piperazine rings is 1. The monoisotopic (exact) mass is 371 g/mol. The number of hydrogen-bond acceptors (Lipinski definition) is 5. The molecule has 1 aliphatic rings. The third-order valence-corrected chi connectivity index (χ3v) is 4.25. The van der Waals surface area contributed by atoms with Crippen molar-refractivity contribution in [2.45, 2.75) is 6.92 Å². The van der Waals surface area contributed by atoms with E-state index >= 15 is 0 Å². The lowest BCUT2D eigenvalue weighted by atomic mass is 10.1. The van der Waals surface area contributed by atoms with E-state index in [0.717, 1.165) is 0 Å². The molecule has 2 amide bonds. The molecule has 0 saturated carbocycles. The molecule has 2 N–H and O–H groups in total. The summed E-state index contributed by atoms with van der Waals surface area (Å²) in [5.74, 6) is 0.917. The van der Waals surface area contributed by atoms with Gasteiger partial charge in [0.05, 0.1) is 14.2 Å². The third kappa shape index (κ3) is 4.99. The van der Waals surface area contributed by atoms with Gasteiger partial charge in [0, 0.05) is 50.3 Å². The molecule has 1 unspecified atom stereocenters. The first-order valence-corrected chi connectivity index (χ1v) is 8.01. The normalized spacial score (nSPS) is 15.2. The van der Waals surface area contributed by atoms with Crippen molar-refractivity contribution >= 4 is 24.2 Å². The molecule has 8 heteroatoms. The number of carbonyl (C=O) groups excluding carboxylic acids is 2. The Bertz CT molecular complexity index is 581. The standard InChI is InChI=1S/C17H25N3O4.ClH/c1-12(11-18)16(21)19-4-6-20(7-5-19)17(22)13-8-14(23-2)10-15(9-13)24-3;/h8-10,12H,4-7,11,18H2,1-3H3;1H. The maximum Gasteiger partial charge on any atom is 0.254 e. The molecule has 1 aliphatic heterocycles. The van der Waals surface area contributed by atoms with Gasteiger partial charge < -0.3 is 25.0 Å². The number of nitrogens with zero attached hydrogens (tertiary/aromatic N) is 2. The van der Waals surface area contributed by atoms with Crippen LogP contribution in [0, 0.1) is 5.92 Å². The van der Waals surface area contributed by atoms with E-state index < -0.39 is 0 Å². The van der Waals surface area contributed by atoms with E-state index in [0.29, 0.717) is 49.8 Å². The van der Waals surface area contributed by atoms with E-state index in [9.17, 15) is 9.59 Å². The van der Waals surface area contributed by atoms with Crippen LogP contribution in [0.15, 0.2) is 18.2 Å². The largest absolute Gasteiger partial charge is 0.497 e. The minimum absolute atomic E-state index is 0. The molecule has 0 spiro atoms. The van der Waals surface area contributed by atoms with Gasteiger partial charge in [0.2, 0.25) is 5.91 Å². The number of carbonyl (C=O) groups is 2. The van der Waals surface area contributed by atoms with Crippen LogP contribution in [-0.2, 0) is 4.79 Å². The number of nitrogens with two attached hydrogens (primary N) is 1. The SMILES string of the molecule is COc1cc(OC)cc(C(=O)N2CCN(C(=O)C(C)CN)CC2)c1.Cl. The summed E-state index contributed by atoms with van der Waals surface area (Å²) < 4.78 is 10.4. The maximum absolute atomic E-state index is 12.7. The van der Waals surface area contributed by atoms with Crippen molar-refractivity contribution < 1.29 is 19.1 Å². The Balaban J connectivity index is 0.00000312. The van der Waals surface area contributed by atoms with Crippen molar-refractivity contribution in [3.63, 3.8) is 0 Å². The molecule has 1 aromatic carbocycles. The zero-order valence-corrected chi connectivity index (χ0v) is 15.7. The molecule has 25 heavy (non-hydrogen) atoms. The number of amides is 2. The van der Waals surface area contributed by atoms with E-state index in [-0.39, 0.29) is 30.1 Å². The van der Waals surface area contributed by atoms with E-state index in [4.69, 9.17) is 15.2 Å². The van der Waals surface area contributed by atoms with Crippen molar-refractivity contribution in [1.29, 1.82) is 0 Å². The van der Waals surface area contributed by atoms with Crippen LogP contribution in [0.4, 0.5) is 0 Å². The van der Waals surface area contributed by atoms with Gasteiger partial charge in [0.1, 0.15) is 11.5 Å². The molecule has 1 fully saturated rings. The highest BCUT2D eigenvalue weighted by atomic mass is 35.5. The Morgan fingerprint density at radius 1 is 1.04 bits per heavy atom. The van der Waals surface area contributed by atoms with Crippen LogP contribution >= 0.6 is 12.4 Å². The fourth-order valence-corrected chi connectivity index (χ4v) is 2.66. The molecule has 0 bridgehead atoms. The Morgan fingerprint density at radius 3 is 1.96 bits per heavy atom. The number of halogens is 1. The van der Waals surface area contributed by atoms with Crippen molar-refractivity contribution in [3.8, 4) is 11.5 Å². The Kier molecular flexibility index (Phi) is 7.99. The highest BCUT2D eigenvalue weighted by Gasteiger charge is 2.27. The summed E-state index contributed by atoms with van der Waals surface area (Å²) >= 11 is 0. The lowest BCUT2D eigenvalue weighted by molar-refractivity contribution is -0.136. The van der Waals surface area contributed by atoms with Crippen LogP contribution in [0.5, 0.6) is 11.5 Å². The second kappa shape index (κ2) is 9.48. The van der Waals surface area contributed by atoms with Gasteiger partial charge in [0.15, 0.2) is 0 Å². The molecule has 0 radical (unpaired) electrons. The fourth-order valence-electron chi connectivity index (χ4n) is 2.66. The molecule has 2 rings (SSSR count). The third-order valence-electron chi connectivity index (χ3n) is 4.25. The molecule has 1 saturated heterocycles. The number of rotatable bonds is 5. The summed E-state index contributed by atoms with van der Waals surface area (Å²) in [7, 11) is 3.10. The molecule has 7 nitrogen and oxygen atoms in total. The average molecular weight is 372 g/mol. The number of ether oxygens (including phenoxy) is 2. The Morgan fingerprint density at radius 2 is 1.52 bits per heavy atom. The van der Waals surface area contributed by atoms with Gasteiger partial charge in [-0.3, -0.25) is 9.59 Å². The van der Waals surface area contributed by atoms with Gasteiger partial charge >= 0.3 is 0 Å². The first-order valence-electron chi connectivity index (χ1n) is 8.01. The number of hydrogen-bond donors (Lipinski definition) is 1. The molecular weight excluding hydrogens is 346 g/mol. The van der Waals surface area contributed by atoms with Crippen LogP contribution < -0.4 is 15.2 Å². The first kappa shape index (κ1) is 21.1. The summed E-state index contributed by atoms with van der Waals surface area (Å²) in [4.78, 5) is 28.4. The highest BCUT2D eigenvalue weighted by molar-refractivity contribution is 5.95. The van der Waals surface area contributed by atoms with Gasteiger partial charge in [-0.1, -0.05) is 6.92 Å². The zero-order valence-electron chi connectivity index (χ0n) is 14.9. The van der Waals surface area contributed by atoms with Gasteiger partial charge in [-0.25, -0.2) is 0 Å². The Labute approximate surface area is 154 Å². The number of methoxy groups -OCH3 is 2. The summed E-state index contributed by atoms with van der Waals surface area (Å²) in [6, 6.07) is 5.11. The minimum Gasteiger partial charge on any atom is -0.497 e. The highest BCUT2D eigenvalue weighted by Crippen LogP contribution is 2.24. The lowest BCUT2D eigenvalue weighted by Gasteiger charge is -2.36. The molecule has 1 atom stereocenters. The van der Waals surface area contributed by atoms with Crippen LogP contribution in [0.1, 0.15) is 17.3 Å².